The van der Waals surface area contributed by atoms with E-state index in [1.807, 2.05) is 18.2 Å². The number of fused-ring (bicyclic) bond motifs is 1. The molecule has 0 bridgehead atoms. The van der Waals surface area contributed by atoms with Crippen LogP contribution in [-0.4, -0.2) is 4.98 Å². The van der Waals surface area contributed by atoms with Crippen molar-refractivity contribution in [3.05, 3.63) is 35.1 Å². The van der Waals surface area contributed by atoms with Crippen molar-refractivity contribution in [2.75, 3.05) is 5.73 Å². The van der Waals surface area contributed by atoms with Gasteiger partial charge in [-0.25, -0.2) is 0 Å². The summed E-state index contributed by atoms with van der Waals surface area (Å²) in [4.78, 5) is 4.01. The minimum absolute atomic E-state index is 0.708. The number of hydrogen-bond acceptors (Lipinski definition) is 2. The van der Waals surface area contributed by atoms with E-state index in [1.54, 1.807) is 12.4 Å². The lowest BCUT2D eigenvalue weighted by Crippen LogP contribution is -1.88. The van der Waals surface area contributed by atoms with Gasteiger partial charge in [0, 0.05) is 21.4 Å². The number of hydrogen-bond donors (Lipinski definition) is 1. The second-order valence-corrected chi connectivity index (χ2v) is 3.42. The van der Waals surface area contributed by atoms with Crippen molar-refractivity contribution in [2.45, 2.75) is 0 Å². The normalized spacial score (nSPS) is 10.4. The summed E-state index contributed by atoms with van der Waals surface area (Å²) in [5.41, 5.74) is 6.47. The molecular formula is C9H7BrN2. The summed E-state index contributed by atoms with van der Waals surface area (Å²) < 4.78 is 1.01. The predicted molar refractivity (Wildman–Crippen MR) is 53.9 cm³/mol. The van der Waals surface area contributed by atoms with Crippen LogP contribution in [0.1, 0.15) is 0 Å². The Bertz CT molecular complexity index is 389. The number of halogens is 1. The van der Waals surface area contributed by atoms with Gasteiger partial charge in [-0.2, -0.15) is 0 Å². The second-order valence-electron chi connectivity index (χ2n) is 2.57. The zero-order valence-corrected chi connectivity index (χ0v) is 7.88. The molecule has 0 unspecified atom stereocenters. The summed E-state index contributed by atoms with van der Waals surface area (Å²) in [5, 5.41) is 2.09. The van der Waals surface area contributed by atoms with Gasteiger partial charge in [0.2, 0.25) is 0 Å². The SMILES string of the molecule is Nc1cncc2cccc(Br)c12. The fraction of sp³-hybridized carbons (Fsp3) is 0. The van der Waals surface area contributed by atoms with Crippen molar-refractivity contribution in [3.8, 4) is 0 Å². The Kier molecular flexibility index (Phi) is 1.73. The Balaban J connectivity index is 2.96. The number of benzene rings is 1. The molecule has 0 aliphatic carbocycles. The average molecular weight is 223 g/mol. The number of nitrogens with two attached hydrogens (primary N) is 1. The van der Waals surface area contributed by atoms with Crippen LogP contribution in [0.15, 0.2) is 35.1 Å². The van der Waals surface area contributed by atoms with Gasteiger partial charge in [0.1, 0.15) is 0 Å². The van der Waals surface area contributed by atoms with Crippen LogP contribution in [0.25, 0.3) is 10.8 Å². The van der Waals surface area contributed by atoms with Crippen molar-refractivity contribution < 1.29 is 0 Å². The monoisotopic (exact) mass is 222 g/mol. The van der Waals surface area contributed by atoms with Gasteiger partial charge in [0.25, 0.3) is 0 Å². The van der Waals surface area contributed by atoms with Crippen LogP contribution >= 0.6 is 15.9 Å². The Morgan fingerprint density at radius 1 is 1.25 bits per heavy atom. The number of anilines is 1. The van der Waals surface area contributed by atoms with Gasteiger partial charge in [-0.3, -0.25) is 4.98 Å². The van der Waals surface area contributed by atoms with Gasteiger partial charge in [-0.1, -0.05) is 28.1 Å². The van der Waals surface area contributed by atoms with Crippen LogP contribution < -0.4 is 5.73 Å². The summed E-state index contributed by atoms with van der Waals surface area (Å²) in [6.45, 7) is 0. The molecule has 60 valence electrons. The smallest absolute Gasteiger partial charge is 0.0591 e. The topological polar surface area (TPSA) is 38.9 Å². The number of nitrogen functional groups attached to an aromatic ring is 1. The molecule has 3 heteroatoms. The van der Waals surface area contributed by atoms with E-state index >= 15 is 0 Å². The molecule has 2 N–H and O–H groups in total. The van der Waals surface area contributed by atoms with Crippen molar-refractivity contribution in [2.24, 2.45) is 0 Å². The molecule has 0 aliphatic rings. The zero-order valence-electron chi connectivity index (χ0n) is 6.29. The zero-order chi connectivity index (χ0) is 8.55. The Morgan fingerprint density at radius 2 is 2.08 bits per heavy atom. The molecular weight excluding hydrogens is 216 g/mol. The van der Waals surface area contributed by atoms with Crippen molar-refractivity contribution in [1.29, 1.82) is 0 Å². The van der Waals surface area contributed by atoms with E-state index in [9.17, 15) is 0 Å². The first-order chi connectivity index (χ1) is 5.79. The second kappa shape index (κ2) is 2.75. The number of nitrogens with zero attached hydrogens (tertiary/aromatic N) is 1. The van der Waals surface area contributed by atoms with Gasteiger partial charge in [0.15, 0.2) is 0 Å². The van der Waals surface area contributed by atoms with E-state index in [2.05, 4.69) is 20.9 Å². The lowest BCUT2D eigenvalue weighted by Gasteiger charge is -2.01. The number of rotatable bonds is 0. The molecule has 0 fully saturated rings. The first-order valence-electron chi connectivity index (χ1n) is 3.57. The fourth-order valence-corrected chi connectivity index (χ4v) is 1.83. The van der Waals surface area contributed by atoms with Gasteiger partial charge >= 0.3 is 0 Å². The van der Waals surface area contributed by atoms with Crippen LogP contribution in [0.5, 0.6) is 0 Å². The third kappa shape index (κ3) is 1.06. The molecule has 0 amide bonds. The molecule has 0 saturated carbocycles. The molecule has 0 radical (unpaired) electrons. The minimum Gasteiger partial charge on any atom is -0.397 e. The number of aromatic nitrogens is 1. The first-order valence-corrected chi connectivity index (χ1v) is 4.36. The van der Waals surface area contributed by atoms with Crippen molar-refractivity contribution >= 4 is 32.4 Å². The molecule has 1 heterocycles. The standard InChI is InChI=1S/C9H7BrN2/c10-7-3-1-2-6-4-12-5-8(11)9(6)7/h1-5H,11H2. The van der Waals surface area contributed by atoms with E-state index in [1.165, 1.54) is 0 Å². The maximum absolute atomic E-state index is 5.76. The third-order valence-electron chi connectivity index (χ3n) is 1.76. The fourth-order valence-electron chi connectivity index (χ4n) is 1.22. The van der Waals surface area contributed by atoms with Crippen molar-refractivity contribution in [3.63, 3.8) is 0 Å². The molecule has 1 aromatic carbocycles. The minimum atomic E-state index is 0.708. The predicted octanol–water partition coefficient (Wildman–Crippen LogP) is 2.58. The highest BCUT2D eigenvalue weighted by Crippen LogP contribution is 2.27. The molecule has 0 saturated heterocycles. The van der Waals surface area contributed by atoms with E-state index in [4.69, 9.17) is 5.73 Å². The third-order valence-corrected chi connectivity index (χ3v) is 2.42. The van der Waals surface area contributed by atoms with E-state index < -0.39 is 0 Å². The molecule has 2 rings (SSSR count). The lowest BCUT2D eigenvalue weighted by atomic mass is 10.1. The summed E-state index contributed by atoms with van der Waals surface area (Å²) in [5.74, 6) is 0. The van der Waals surface area contributed by atoms with E-state index in [0.29, 0.717) is 5.69 Å². The maximum atomic E-state index is 5.76. The molecule has 1 aromatic heterocycles. The lowest BCUT2D eigenvalue weighted by molar-refractivity contribution is 1.36. The summed E-state index contributed by atoms with van der Waals surface area (Å²) in [7, 11) is 0. The van der Waals surface area contributed by atoms with E-state index in [-0.39, 0.29) is 0 Å². The Hall–Kier alpha value is -1.09. The van der Waals surface area contributed by atoms with E-state index in [0.717, 1.165) is 15.2 Å². The molecule has 12 heavy (non-hydrogen) atoms. The Labute approximate surface area is 78.5 Å². The molecule has 0 aliphatic heterocycles. The van der Waals surface area contributed by atoms with Gasteiger partial charge < -0.3 is 5.73 Å². The molecule has 2 aromatic rings. The average Bonchev–Trinajstić information content (AvgIpc) is 2.04. The van der Waals surface area contributed by atoms with Crippen LogP contribution in [0, 0.1) is 0 Å². The first kappa shape index (κ1) is 7.55. The van der Waals surface area contributed by atoms with Gasteiger partial charge in [0.05, 0.1) is 11.9 Å². The highest BCUT2D eigenvalue weighted by atomic mass is 79.9. The van der Waals surface area contributed by atoms with Gasteiger partial charge in [-0.05, 0) is 6.07 Å². The van der Waals surface area contributed by atoms with Crippen LogP contribution in [-0.2, 0) is 0 Å². The van der Waals surface area contributed by atoms with Gasteiger partial charge in [-0.15, -0.1) is 0 Å². The van der Waals surface area contributed by atoms with Crippen LogP contribution in [0.3, 0.4) is 0 Å². The Morgan fingerprint density at radius 3 is 2.83 bits per heavy atom. The summed E-state index contributed by atoms with van der Waals surface area (Å²) >= 11 is 3.44. The largest absolute Gasteiger partial charge is 0.397 e. The highest BCUT2D eigenvalue weighted by molar-refractivity contribution is 9.10. The quantitative estimate of drug-likeness (QED) is 0.745. The molecule has 0 atom stereocenters. The number of pyridine rings is 1. The van der Waals surface area contributed by atoms with Crippen molar-refractivity contribution in [1.82, 2.24) is 4.98 Å². The maximum Gasteiger partial charge on any atom is 0.0591 e. The summed E-state index contributed by atoms with van der Waals surface area (Å²) in [6, 6.07) is 5.93. The molecule has 0 spiro atoms. The summed E-state index contributed by atoms with van der Waals surface area (Å²) in [6.07, 6.45) is 3.46. The highest BCUT2D eigenvalue weighted by Gasteiger charge is 2.00. The molecule has 2 nitrogen and oxygen atoms in total. The van der Waals surface area contributed by atoms with Crippen LogP contribution in [0.2, 0.25) is 0 Å². The van der Waals surface area contributed by atoms with Crippen LogP contribution in [0.4, 0.5) is 5.69 Å².